The second-order valence-corrected chi connectivity index (χ2v) is 15.6. The van der Waals surface area contributed by atoms with E-state index < -0.39 is 30.2 Å². The molecule has 2 aliphatic rings. The lowest BCUT2D eigenvalue weighted by atomic mass is 9.84. The van der Waals surface area contributed by atoms with Gasteiger partial charge in [-0.15, -0.1) is 0 Å². The quantitative estimate of drug-likeness (QED) is 0.0993. The fraction of sp³-hybridized carbons (Fsp3) is 0.294. The van der Waals surface area contributed by atoms with E-state index in [1.54, 1.807) is 0 Å². The summed E-state index contributed by atoms with van der Waals surface area (Å²) in [5.41, 5.74) is 10.8. The number of aryl methyl sites for hydroxylation is 2. The maximum absolute atomic E-state index is 13.4. The van der Waals surface area contributed by atoms with Gasteiger partial charge in [-0.1, -0.05) is 146 Å². The Morgan fingerprint density at radius 2 is 1.10 bits per heavy atom. The van der Waals surface area contributed by atoms with Crippen LogP contribution in [-0.4, -0.2) is 50.2 Å². The minimum atomic E-state index is -1.95. The third-order valence-electron chi connectivity index (χ3n) is 11.2. The van der Waals surface area contributed by atoms with Crippen LogP contribution in [-0.2, 0) is 75.2 Å². The molecule has 1 saturated heterocycles. The molecule has 0 saturated carbocycles. The first-order chi connectivity index (χ1) is 28.4. The third kappa shape index (κ3) is 9.43. The number of hydrogen-bond acceptors (Lipinski definition) is 7. The van der Waals surface area contributed by atoms with Crippen LogP contribution in [0.5, 0.6) is 0 Å². The van der Waals surface area contributed by atoms with Crippen molar-refractivity contribution in [1.29, 1.82) is 0 Å². The number of rotatable bonds is 17. The van der Waals surface area contributed by atoms with Gasteiger partial charge in [-0.05, 0) is 75.9 Å². The van der Waals surface area contributed by atoms with E-state index in [1.807, 2.05) is 127 Å². The molecular weight excluding hydrogens is 723 g/mol. The average molecular weight is 776 g/mol. The molecule has 0 bridgehead atoms. The molecule has 8 rings (SSSR count). The van der Waals surface area contributed by atoms with Gasteiger partial charge in [0.05, 0.1) is 33.0 Å². The second kappa shape index (κ2) is 18.6. The van der Waals surface area contributed by atoms with Crippen LogP contribution in [0.1, 0.15) is 50.1 Å². The molecule has 1 heterocycles. The van der Waals surface area contributed by atoms with E-state index in [1.165, 1.54) is 16.7 Å². The summed E-state index contributed by atoms with van der Waals surface area (Å²) in [6.45, 7) is 1.32. The Morgan fingerprint density at radius 3 is 1.64 bits per heavy atom. The van der Waals surface area contributed by atoms with Gasteiger partial charge in [0.25, 0.3) is 0 Å². The fourth-order valence-corrected chi connectivity index (χ4v) is 8.05. The monoisotopic (exact) mass is 775 g/mol. The average Bonchev–Trinajstić information content (AvgIpc) is 3.24. The summed E-state index contributed by atoms with van der Waals surface area (Å²) in [6, 6.07) is 53.1. The summed E-state index contributed by atoms with van der Waals surface area (Å²) in [7, 11) is 4.10. The number of nitrogens with zero attached hydrogens (tertiary/aromatic N) is 1. The van der Waals surface area contributed by atoms with Crippen LogP contribution in [0.4, 0.5) is 5.69 Å². The van der Waals surface area contributed by atoms with E-state index in [9.17, 15) is 5.11 Å². The van der Waals surface area contributed by atoms with E-state index in [-0.39, 0.29) is 19.8 Å². The summed E-state index contributed by atoms with van der Waals surface area (Å²) < 4.78 is 34.1. The number of fused-ring (bicyclic) bond motifs is 1. The molecule has 1 fully saturated rings. The lowest BCUT2D eigenvalue weighted by Gasteiger charge is -2.50. The molecule has 0 amide bonds. The first-order valence-electron chi connectivity index (χ1n) is 20.3. The highest BCUT2D eigenvalue weighted by Gasteiger charge is 2.57. The van der Waals surface area contributed by atoms with Gasteiger partial charge in [0.15, 0.2) is 0 Å². The topological polar surface area (TPSA) is 69.6 Å². The SMILES string of the molecule is CN(C)c1ccc(C2(O)O[C@H](COCc3ccccc3)[C@@H](OCc3ccccc3)[C@H](OCc3ccccc3)[C@H]2OCc2ccccc2)cc1Cc1ccc2c(c1)CC2. The molecule has 0 aromatic heterocycles. The van der Waals surface area contributed by atoms with Crippen LogP contribution < -0.4 is 4.90 Å². The minimum Gasteiger partial charge on any atom is -0.377 e. The van der Waals surface area contributed by atoms with Gasteiger partial charge in [-0.3, -0.25) is 0 Å². The summed E-state index contributed by atoms with van der Waals surface area (Å²) in [4.78, 5) is 2.12. The number of hydrogen-bond donors (Lipinski definition) is 1. The van der Waals surface area contributed by atoms with Crippen molar-refractivity contribution in [1.82, 2.24) is 0 Å². The van der Waals surface area contributed by atoms with E-state index in [0.29, 0.717) is 25.2 Å². The first-order valence-corrected chi connectivity index (χ1v) is 20.3. The first kappa shape index (κ1) is 39.7. The molecule has 5 atom stereocenters. The highest BCUT2D eigenvalue weighted by Crippen LogP contribution is 2.43. The summed E-state index contributed by atoms with van der Waals surface area (Å²) in [5.74, 6) is -1.95. The molecule has 6 aromatic rings. The molecule has 1 unspecified atom stereocenters. The van der Waals surface area contributed by atoms with Crippen LogP contribution in [0.3, 0.4) is 0 Å². The predicted octanol–water partition coefficient (Wildman–Crippen LogP) is 8.96. The summed E-state index contributed by atoms with van der Waals surface area (Å²) >= 11 is 0. The number of benzene rings is 6. The van der Waals surface area contributed by atoms with Gasteiger partial charge in [0.2, 0.25) is 5.79 Å². The van der Waals surface area contributed by atoms with Gasteiger partial charge in [-0.2, -0.15) is 0 Å². The standard InChI is InChI=1S/C51H53NO6/c1-52(2)46-28-27-45(31-44(46)30-41-23-24-42-25-26-43(42)29-41)51(53)50(57-35-40-21-13-6-14-22-40)49(56-34-39-19-11-5-12-20-39)48(55-33-38-17-9-4-10-18-38)47(58-51)36-54-32-37-15-7-3-8-16-37/h3-24,27-29,31,47-50,53H,25-26,30,32-36H2,1-2H3/t47-,48-,49+,50-,51?/m1/s1. The Balaban J connectivity index is 1.20. The predicted molar refractivity (Wildman–Crippen MR) is 227 cm³/mol. The van der Waals surface area contributed by atoms with Gasteiger partial charge < -0.3 is 33.7 Å². The number of anilines is 1. The van der Waals surface area contributed by atoms with Gasteiger partial charge >= 0.3 is 0 Å². The Morgan fingerprint density at radius 1 is 0.569 bits per heavy atom. The van der Waals surface area contributed by atoms with Crippen molar-refractivity contribution in [3.8, 4) is 0 Å². The maximum atomic E-state index is 13.4. The van der Waals surface area contributed by atoms with Crippen molar-refractivity contribution in [2.24, 2.45) is 0 Å². The highest BCUT2D eigenvalue weighted by atomic mass is 16.7. The molecule has 1 N–H and O–H groups in total. The van der Waals surface area contributed by atoms with Crippen molar-refractivity contribution >= 4 is 5.69 Å². The van der Waals surface area contributed by atoms with Crippen LogP contribution in [0.25, 0.3) is 0 Å². The van der Waals surface area contributed by atoms with E-state index in [0.717, 1.165) is 46.3 Å². The van der Waals surface area contributed by atoms with Crippen molar-refractivity contribution in [3.05, 3.63) is 208 Å². The Bertz CT molecular complexity index is 2200. The minimum absolute atomic E-state index is 0.144. The van der Waals surface area contributed by atoms with Gasteiger partial charge in [0.1, 0.15) is 24.4 Å². The molecule has 6 aromatic carbocycles. The normalized spacial score (nSPS) is 21.2. The fourth-order valence-electron chi connectivity index (χ4n) is 8.05. The molecule has 7 heteroatoms. The Kier molecular flexibility index (Phi) is 12.8. The molecule has 0 radical (unpaired) electrons. The Labute approximate surface area is 342 Å². The smallest absolute Gasteiger partial charge is 0.222 e. The number of aliphatic hydroxyl groups is 1. The zero-order valence-corrected chi connectivity index (χ0v) is 33.4. The lowest BCUT2D eigenvalue weighted by Crippen LogP contribution is -2.65. The van der Waals surface area contributed by atoms with E-state index in [4.69, 9.17) is 23.7 Å². The van der Waals surface area contributed by atoms with Crippen LogP contribution >= 0.6 is 0 Å². The van der Waals surface area contributed by atoms with Gasteiger partial charge in [0, 0.05) is 25.3 Å². The van der Waals surface area contributed by atoms with Crippen molar-refractivity contribution in [2.75, 3.05) is 25.6 Å². The van der Waals surface area contributed by atoms with Crippen LogP contribution in [0, 0.1) is 0 Å². The van der Waals surface area contributed by atoms with Crippen molar-refractivity contribution in [3.63, 3.8) is 0 Å². The molecule has 1 aliphatic heterocycles. The molecular formula is C51H53NO6. The largest absolute Gasteiger partial charge is 0.377 e. The zero-order valence-electron chi connectivity index (χ0n) is 33.4. The lowest BCUT2D eigenvalue weighted by molar-refractivity contribution is -0.378. The number of ether oxygens (including phenoxy) is 5. The van der Waals surface area contributed by atoms with Crippen LogP contribution in [0.15, 0.2) is 158 Å². The van der Waals surface area contributed by atoms with E-state index >= 15 is 0 Å². The molecule has 7 nitrogen and oxygen atoms in total. The molecule has 298 valence electrons. The van der Waals surface area contributed by atoms with Crippen LogP contribution in [0.2, 0.25) is 0 Å². The second-order valence-electron chi connectivity index (χ2n) is 15.6. The summed E-state index contributed by atoms with van der Waals surface area (Å²) in [5, 5.41) is 13.4. The highest BCUT2D eigenvalue weighted by molar-refractivity contribution is 5.57. The summed E-state index contributed by atoms with van der Waals surface area (Å²) in [6.07, 6.45) is -0.241. The van der Waals surface area contributed by atoms with Gasteiger partial charge in [-0.25, -0.2) is 0 Å². The zero-order chi connectivity index (χ0) is 39.7. The van der Waals surface area contributed by atoms with Crippen molar-refractivity contribution < 1.29 is 28.8 Å². The molecule has 1 aliphatic carbocycles. The Hall–Kier alpha value is -5.12. The van der Waals surface area contributed by atoms with Crippen molar-refractivity contribution in [2.45, 2.75) is 75.9 Å². The third-order valence-corrected chi connectivity index (χ3v) is 11.2. The maximum Gasteiger partial charge on any atom is 0.222 e. The van der Waals surface area contributed by atoms with E-state index in [2.05, 4.69) is 49.3 Å². The molecule has 58 heavy (non-hydrogen) atoms. The molecule has 0 spiro atoms.